The molecule has 6 nitrogen and oxygen atoms in total. The Hall–Kier alpha value is -10.9. The second-order valence-corrected chi connectivity index (χ2v) is 27.1. The van der Waals surface area contributed by atoms with Gasteiger partial charge in [-0.3, -0.25) is 0 Å². The van der Waals surface area contributed by atoms with Crippen molar-refractivity contribution in [3.63, 3.8) is 0 Å². The molecule has 0 unspecified atom stereocenters. The lowest BCUT2D eigenvalue weighted by Gasteiger charge is -2.21. The molecular weight excluding hydrogens is 1160 g/mol. The van der Waals surface area contributed by atoms with E-state index in [-0.39, 0.29) is 10.8 Å². The van der Waals surface area contributed by atoms with E-state index in [0.717, 1.165) is 38.9 Å². The van der Waals surface area contributed by atoms with Crippen molar-refractivity contribution >= 4 is 63.0 Å². The van der Waals surface area contributed by atoms with Crippen LogP contribution in [0.5, 0.6) is 0 Å². The molecule has 8 heteroatoms. The summed E-state index contributed by atoms with van der Waals surface area (Å²) in [6.07, 6.45) is 0. The quantitative estimate of drug-likeness (QED) is 0.151. The molecule has 0 amide bonds. The first-order valence-corrected chi connectivity index (χ1v) is 32.9. The molecule has 0 fully saturated rings. The standard InChI is InChI=1S/2C42H29N3S/c1-42(2)35-19-10-9-18-31(35)32-25-38-34(24-36(32)42)33-23-29(20-21-37(33)46-38)28-16-11-17-30(22-28)41-44-39(26-12-5-3-6-13-26)43-40(45-41)27-14-7-4-8-15-27;1-42(2)35-19-10-9-16-31(35)33-24-34-32-18-11-17-30(38(32)46-37(34)25-36(33)42)26-20-22-29(23-21-26)41-44-39(27-12-5-3-6-13-27)43-40(45-41)28-14-7-4-8-15-28/h2*3-25H,1-2H3. The molecule has 0 saturated carbocycles. The molecule has 0 spiro atoms. The highest BCUT2D eigenvalue weighted by atomic mass is 32.1. The molecule has 4 aromatic heterocycles. The summed E-state index contributed by atoms with van der Waals surface area (Å²) in [5.41, 5.74) is 21.6. The van der Waals surface area contributed by atoms with Gasteiger partial charge in [0.05, 0.1) is 0 Å². The Labute approximate surface area is 542 Å². The third-order valence-electron chi connectivity index (χ3n) is 18.7. The fourth-order valence-corrected chi connectivity index (χ4v) is 16.2. The molecule has 18 rings (SSSR count). The normalized spacial score (nSPS) is 13.2. The number of thiophene rings is 2. The lowest BCUT2D eigenvalue weighted by molar-refractivity contribution is 0.661. The van der Waals surface area contributed by atoms with Gasteiger partial charge in [-0.05, 0) is 109 Å². The molecule has 12 aromatic carbocycles. The minimum Gasteiger partial charge on any atom is -0.208 e. The number of aromatic nitrogens is 6. The van der Waals surface area contributed by atoms with Crippen LogP contribution in [0.1, 0.15) is 49.9 Å². The van der Waals surface area contributed by atoms with Crippen LogP contribution in [-0.4, -0.2) is 29.9 Å². The van der Waals surface area contributed by atoms with E-state index < -0.39 is 0 Å². The molecule has 92 heavy (non-hydrogen) atoms. The second-order valence-electron chi connectivity index (χ2n) is 25.0. The van der Waals surface area contributed by atoms with Crippen molar-refractivity contribution in [2.45, 2.75) is 38.5 Å². The van der Waals surface area contributed by atoms with Crippen LogP contribution < -0.4 is 0 Å². The van der Waals surface area contributed by atoms with Crippen molar-refractivity contribution in [2.24, 2.45) is 0 Å². The summed E-state index contributed by atoms with van der Waals surface area (Å²) in [4.78, 5) is 29.5. The first-order valence-electron chi connectivity index (χ1n) is 31.2. The molecule has 0 radical (unpaired) electrons. The molecule has 0 N–H and O–H groups in total. The number of hydrogen-bond donors (Lipinski definition) is 0. The molecule has 0 aliphatic heterocycles. The molecule has 436 valence electrons. The second kappa shape index (κ2) is 22.0. The first kappa shape index (κ1) is 55.2. The van der Waals surface area contributed by atoms with Crippen molar-refractivity contribution in [3.8, 4) is 113 Å². The number of rotatable bonds is 8. The number of benzene rings is 12. The zero-order valence-electron chi connectivity index (χ0n) is 51.1. The summed E-state index contributed by atoms with van der Waals surface area (Å²) in [6.45, 7) is 9.40. The van der Waals surface area contributed by atoms with Gasteiger partial charge in [0, 0.05) is 84.6 Å². The van der Waals surface area contributed by atoms with E-state index in [2.05, 4.69) is 185 Å². The topological polar surface area (TPSA) is 77.3 Å². The van der Waals surface area contributed by atoms with E-state index in [1.54, 1.807) is 0 Å². The van der Waals surface area contributed by atoms with Crippen molar-refractivity contribution in [1.29, 1.82) is 0 Å². The third-order valence-corrected chi connectivity index (χ3v) is 21.0. The third kappa shape index (κ3) is 9.44. The van der Waals surface area contributed by atoms with Crippen molar-refractivity contribution in [1.82, 2.24) is 29.9 Å². The SMILES string of the molecule is CC1(C)c2ccccc2-c2cc3c(cc21)sc1c(-c2ccc(-c4nc(-c5ccccc5)nc(-c5ccccc5)n4)cc2)cccc13.CC1(C)c2ccccc2-c2cc3sc4ccc(-c5cccc(-c6nc(-c7ccccc7)nc(-c7ccccc7)n6)c5)cc4c3cc21. The van der Waals surface area contributed by atoms with Crippen LogP contribution in [0.4, 0.5) is 0 Å². The highest BCUT2D eigenvalue weighted by molar-refractivity contribution is 7.26. The summed E-state index contributed by atoms with van der Waals surface area (Å²) in [7, 11) is 0. The van der Waals surface area contributed by atoms with E-state index >= 15 is 0 Å². The molecule has 2 aliphatic carbocycles. The summed E-state index contributed by atoms with van der Waals surface area (Å²) >= 11 is 3.77. The van der Waals surface area contributed by atoms with Crippen LogP contribution in [0.25, 0.3) is 153 Å². The van der Waals surface area contributed by atoms with E-state index in [1.165, 1.54) is 102 Å². The minimum absolute atomic E-state index is 0.00919. The van der Waals surface area contributed by atoms with Crippen molar-refractivity contribution < 1.29 is 0 Å². The predicted molar refractivity (Wildman–Crippen MR) is 384 cm³/mol. The predicted octanol–water partition coefficient (Wildman–Crippen LogP) is 22.4. The average Bonchev–Trinajstić information content (AvgIpc) is 1.62. The Balaban J connectivity index is 0.000000141. The van der Waals surface area contributed by atoms with Crippen LogP contribution in [0, 0.1) is 0 Å². The molecule has 0 bridgehead atoms. The van der Waals surface area contributed by atoms with Gasteiger partial charge in [-0.1, -0.05) is 264 Å². The van der Waals surface area contributed by atoms with Gasteiger partial charge in [-0.15, -0.1) is 22.7 Å². The minimum atomic E-state index is -0.0257. The van der Waals surface area contributed by atoms with Gasteiger partial charge in [0.2, 0.25) is 0 Å². The van der Waals surface area contributed by atoms with E-state index in [1.807, 2.05) is 144 Å². The maximum absolute atomic E-state index is 4.96. The Morgan fingerprint density at radius 3 is 1.13 bits per heavy atom. The van der Waals surface area contributed by atoms with Gasteiger partial charge in [0.1, 0.15) is 0 Å². The molecule has 16 aromatic rings. The van der Waals surface area contributed by atoms with E-state index in [9.17, 15) is 0 Å². The van der Waals surface area contributed by atoms with Gasteiger partial charge in [0.15, 0.2) is 34.9 Å². The summed E-state index contributed by atoms with van der Waals surface area (Å²) in [6, 6.07) is 98.7. The van der Waals surface area contributed by atoms with Gasteiger partial charge in [-0.2, -0.15) is 0 Å². The summed E-state index contributed by atoms with van der Waals surface area (Å²) in [5.74, 6) is 3.99. The number of fused-ring (bicyclic) bond motifs is 12. The highest BCUT2D eigenvalue weighted by Crippen LogP contribution is 2.54. The summed E-state index contributed by atoms with van der Waals surface area (Å²) < 4.78 is 5.30. The Morgan fingerprint density at radius 2 is 0.587 bits per heavy atom. The van der Waals surface area contributed by atoms with Gasteiger partial charge >= 0.3 is 0 Å². The molecule has 2 aliphatic rings. The van der Waals surface area contributed by atoms with E-state index in [4.69, 9.17) is 29.9 Å². The van der Waals surface area contributed by atoms with Gasteiger partial charge in [-0.25, -0.2) is 29.9 Å². The van der Waals surface area contributed by atoms with Crippen LogP contribution in [0.3, 0.4) is 0 Å². The fourth-order valence-electron chi connectivity index (χ4n) is 13.9. The lowest BCUT2D eigenvalue weighted by atomic mass is 9.82. The molecule has 0 saturated heterocycles. The average molecular weight is 1220 g/mol. The zero-order valence-corrected chi connectivity index (χ0v) is 52.7. The van der Waals surface area contributed by atoms with Crippen molar-refractivity contribution in [2.75, 3.05) is 0 Å². The molecule has 4 heterocycles. The molecular formula is C84H58N6S2. The number of hydrogen-bond acceptors (Lipinski definition) is 8. The van der Waals surface area contributed by atoms with Gasteiger partial charge in [0.25, 0.3) is 0 Å². The fraction of sp³-hybridized carbons (Fsp3) is 0.0714. The lowest BCUT2D eigenvalue weighted by Crippen LogP contribution is -2.14. The Kier molecular flexibility index (Phi) is 13.2. The summed E-state index contributed by atoms with van der Waals surface area (Å²) in [5, 5.41) is 5.27. The first-order chi connectivity index (χ1) is 45.1. The smallest absolute Gasteiger partial charge is 0.164 e. The maximum Gasteiger partial charge on any atom is 0.164 e. The monoisotopic (exact) mass is 1210 g/mol. The Bertz CT molecular complexity index is 5450. The van der Waals surface area contributed by atoms with Crippen LogP contribution in [0.15, 0.2) is 279 Å². The van der Waals surface area contributed by atoms with Crippen LogP contribution >= 0.6 is 22.7 Å². The maximum atomic E-state index is 4.96. The zero-order chi connectivity index (χ0) is 61.7. The number of nitrogens with zero attached hydrogens (tertiary/aromatic N) is 6. The van der Waals surface area contributed by atoms with Crippen molar-refractivity contribution in [3.05, 3.63) is 301 Å². The Morgan fingerprint density at radius 1 is 0.217 bits per heavy atom. The van der Waals surface area contributed by atoms with Crippen LogP contribution in [-0.2, 0) is 10.8 Å². The van der Waals surface area contributed by atoms with Gasteiger partial charge < -0.3 is 0 Å². The highest BCUT2D eigenvalue weighted by Gasteiger charge is 2.37. The van der Waals surface area contributed by atoms with E-state index in [0.29, 0.717) is 34.9 Å². The van der Waals surface area contributed by atoms with Crippen LogP contribution in [0.2, 0.25) is 0 Å². The molecule has 0 atom stereocenters. The largest absolute Gasteiger partial charge is 0.208 e.